The number of amides is 1. The lowest BCUT2D eigenvalue weighted by Crippen LogP contribution is -2.27. The summed E-state index contributed by atoms with van der Waals surface area (Å²) < 4.78 is 0. The molecule has 2 N–H and O–H groups in total. The van der Waals surface area contributed by atoms with Crippen LogP contribution in [0.3, 0.4) is 0 Å². The molecule has 0 unspecified atom stereocenters. The lowest BCUT2D eigenvalue weighted by molar-refractivity contribution is 0.0950. The number of fused-ring (bicyclic) bond motifs is 1. The van der Waals surface area contributed by atoms with E-state index in [-0.39, 0.29) is 5.91 Å². The Kier molecular flexibility index (Phi) is 3.62. The highest BCUT2D eigenvalue weighted by Crippen LogP contribution is 2.25. The molecule has 4 heteroatoms. The summed E-state index contributed by atoms with van der Waals surface area (Å²) in [6.07, 6.45) is 0. The van der Waals surface area contributed by atoms with Crippen LogP contribution in [0.5, 0.6) is 0 Å². The minimum absolute atomic E-state index is 0.0466. The maximum absolute atomic E-state index is 12.2. The van der Waals surface area contributed by atoms with E-state index in [0.717, 1.165) is 16.6 Å². The van der Waals surface area contributed by atoms with E-state index in [2.05, 4.69) is 24.1 Å². The number of carbonyl (C=O) groups excluding carboxylic acids is 1. The average Bonchev–Trinajstić information content (AvgIpc) is 2.61. The number of carbonyl (C=O) groups is 1. The van der Waals surface area contributed by atoms with Crippen molar-refractivity contribution in [3.63, 3.8) is 0 Å². The molecule has 3 nitrogen and oxygen atoms in total. The molecule has 0 atom stereocenters. The molecule has 2 aromatic rings. The number of aryl methyl sites for hydroxylation is 1. The summed E-state index contributed by atoms with van der Waals surface area (Å²) in [5.74, 6) is 0.387. The van der Waals surface area contributed by atoms with E-state index in [4.69, 9.17) is 11.6 Å². The van der Waals surface area contributed by atoms with E-state index in [1.54, 1.807) is 0 Å². The molecule has 0 aliphatic heterocycles. The number of benzene rings is 1. The van der Waals surface area contributed by atoms with E-state index >= 15 is 0 Å². The van der Waals surface area contributed by atoms with Gasteiger partial charge in [-0.15, -0.1) is 0 Å². The van der Waals surface area contributed by atoms with E-state index in [0.29, 0.717) is 23.0 Å². The number of nitrogens with one attached hydrogen (secondary N) is 2. The van der Waals surface area contributed by atoms with E-state index in [9.17, 15) is 4.79 Å². The van der Waals surface area contributed by atoms with Gasteiger partial charge in [-0.2, -0.15) is 0 Å². The Labute approximate surface area is 112 Å². The van der Waals surface area contributed by atoms with Crippen LogP contribution in [0.4, 0.5) is 0 Å². The molecule has 96 valence electrons. The first-order valence-corrected chi connectivity index (χ1v) is 6.43. The maximum Gasteiger partial charge on any atom is 0.253 e. The van der Waals surface area contributed by atoms with Crippen LogP contribution in [0.1, 0.15) is 29.9 Å². The number of rotatable bonds is 3. The summed E-state index contributed by atoms with van der Waals surface area (Å²) in [5.41, 5.74) is 2.49. The summed E-state index contributed by atoms with van der Waals surface area (Å²) in [4.78, 5) is 15.4. The van der Waals surface area contributed by atoms with Crippen molar-refractivity contribution in [3.05, 3.63) is 34.5 Å². The summed E-state index contributed by atoms with van der Waals surface area (Å²) >= 11 is 5.99. The van der Waals surface area contributed by atoms with Gasteiger partial charge in [-0.05, 0) is 31.0 Å². The van der Waals surface area contributed by atoms with Crippen LogP contribution in [0.25, 0.3) is 10.9 Å². The molecule has 0 saturated heterocycles. The largest absolute Gasteiger partial charge is 0.358 e. The van der Waals surface area contributed by atoms with Crippen molar-refractivity contribution in [2.24, 2.45) is 5.92 Å². The molecule has 2 rings (SSSR count). The van der Waals surface area contributed by atoms with Crippen molar-refractivity contribution in [3.8, 4) is 0 Å². The molecule has 0 aliphatic rings. The van der Waals surface area contributed by atoms with Crippen molar-refractivity contribution in [2.75, 3.05) is 6.54 Å². The van der Waals surface area contributed by atoms with Gasteiger partial charge < -0.3 is 10.3 Å². The van der Waals surface area contributed by atoms with Crippen LogP contribution in [-0.4, -0.2) is 17.4 Å². The summed E-state index contributed by atoms with van der Waals surface area (Å²) in [5, 5.41) is 4.45. The van der Waals surface area contributed by atoms with Gasteiger partial charge in [0, 0.05) is 28.2 Å². The molecule has 1 aromatic heterocycles. The summed E-state index contributed by atoms with van der Waals surface area (Å²) in [6, 6.07) is 5.53. The van der Waals surface area contributed by atoms with Gasteiger partial charge in [0.1, 0.15) is 0 Å². The Hall–Kier alpha value is -1.48. The third-order valence-corrected chi connectivity index (χ3v) is 3.08. The topological polar surface area (TPSA) is 44.9 Å². The number of hydrogen-bond acceptors (Lipinski definition) is 1. The highest BCUT2D eigenvalue weighted by atomic mass is 35.5. The quantitative estimate of drug-likeness (QED) is 0.875. The predicted octanol–water partition coefficient (Wildman–Crippen LogP) is 3.52. The Morgan fingerprint density at radius 1 is 1.44 bits per heavy atom. The van der Waals surface area contributed by atoms with Crippen molar-refractivity contribution in [1.82, 2.24) is 10.3 Å². The Bertz CT molecular complexity index is 587. The van der Waals surface area contributed by atoms with Gasteiger partial charge in [-0.1, -0.05) is 25.4 Å². The molecular formula is C14H17ClN2O. The molecule has 0 spiro atoms. The first kappa shape index (κ1) is 13.0. The van der Waals surface area contributed by atoms with Crippen LogP contribution in [0.15, 0.2) is 18.2 Å². The monoisotopic (exact) mass is 264 g/mol. The van der Waals surface area contributed by atoms with Crippen LogP contribution in [0.2, 0.25) is 5.02 Å². The van der Waals surface area contributed by atoms with Crippen molar-refractivity contribution in [1.29, 1.82) is 0 Å². The zero-order chi connectivity index (χ0) is 13.3. The lowest BCUT2D eigenvalue weighted by Gasteiger charge is -2.07. The molecule has 1 amide bonds. The molecule has 0 fully saturated rings. The second kappa shape index (κ2) is 5.02. The van der Waals surface area contributed by atoms with Gasteiger partial charge in [0.25, 0.3) is 5.91 Å². The van der Waals surface area contributed by atoms with Crippen LogP contribution < -0.4 is 5.32 Å². The Balaban J connectivity index is 2.40. The first-order chi connectivity index (χ1) is 8.49. The molecule has 18 heavy (non-hydrogen) atoms. The molecule has 0 aliphatic carbocycles. The van der Waals surface area contributed by atoms with Gasteiger partial charge in [0.15, 0.2) is 0 Å². The minimum Gasteiger partial charge on any atom is -0.358 e. The van der Waals surface area contributed by atoms with Crippen LogP contribution in [-0.2, 0) is 0 Å². The average molecular weight is 265 g/mol. The van der Waals surface area contributed by atoms with Crippen LogP contribution in [0, 0.1) is 12.8 Å². The third kappa shape index (κ3) is 2.51. The number of halogens is 1. The van der Waals surface area contributed by atoms with E-state index in [1.807, 2.05) is 25.1 Å². The lowest BCUT2D eigenvalue weighted by atomic mass is 10.1. The predicted molar refractivity (Wildman–Crippen MR) is 75.2 cm³/mol. The Morgan fingerprint density at radius 2 is 2.17 bits per heavy atom. The standard InChI is InChI=1S/C14H17ClN2O/c1-8(2)7-16-14(18)13-9(3)17-12-5-4-10(15)6-11(12)13/h4-6,8,17H,7H2,1-3H3,(H,16,18). The number of aromatic nitrogens is 1. The minimum atomic E-state index is -0.0466. The fourth-order valence-corrected chi connectivity index (χ4v) is 2.15. The van der Waals surface area contributed by atoms with Gasteiger partial charge in [-0.3, -0.25) is 4.79 Å². The summed E-state index contributed by atoms with van der Waals surface area (Å²) in [7, 11) is 0. The van der Waals surface area contributed by atoms with Crippen molar-refractivity contribution >= 4 is 28.4 Å². The molecule has 0 radical (unpaired) electrons. The number of H-pyrrole nitrogens is 1. The molecule has 0 bridgehead atoms. The second-order valence-electron chi connectivity index (χ2n) is 4.92. The van der Waals surface area contributed by atoms with Gasteiger partial charge in [0.05, 0.1) is 5.56 Å². The highest BCUT2D eigenvalue weighted by Gasteiger charge is 2.16. The molecular weight excluding hydrogens is 248 g/mol. The normalized spacial score (nSPS) is 11.2. The molecule has 1 heterocycles. The highest BCUT2D eigenvalue weighted by molar-refractivity contribution is 6.31. The van der Waals surface area contributed by atoms with E-state index < -0.39 is 0 Å². The fourth-order valence-electron chi connectivity index (χ4n) is 1.98. The smallest absolute Gasteiger partial charge is 0.253 e. The fraction of sp³-hybridized carbons (Fsp3) is 0.357. The summed E-state index contributed by atoms with van der Waals surface area (Å²) in [6.45, 7) is 6.71. The first-order valence-electron chi connectivity index (χ1n) is 6.05. The van der Waals surface area contributed by atoms with Gasteiger partial charge in [-0.25, -0.2) is 0 Å². The van der Waals surface area contributed by atoms with Crippen molar-refractivity contribution < 1.29 is 4.79 Å². The zero-order valence-corrected chi connectivity index (χ0v) is 11.6. The Morgan fingerprint density at radius 3 is 2.83 bits per heavy atom. The second-order valence-corrected chi connectivity index (χ2v) is 5.36. The third-order valence-electron chi connectivity index (χ3n) is 2.85. The number of aromatic amines is 1. The van der Waals surface area contributed by atoms with E-state index in [1.165, 1.54) is 0 Å². The van der Waals surface area contributed by atoms with Crippen molar-refractivity contribution in [2.45, 2.75) is 20.8 Å². The SMILES string of the molecule is Cc1[nH]c2ccc(Cl)cc2c1C(=O)NCC(C)C. The van der Waals surface area contributed by atoms with Gasteiger partial charge in [0.2, 0.25) is 0 Å². The number of hydrogen-bond donors (Lipinski definition) is 2. The molecule has 0 saturated carbocycles. The maximum atomic E-state index is 12.2. The molecule has 1 aromatic carbocycles. The zero-order valence-electron chi connectivity index (χ0n) is 10.8. The van der Waals surface area contributed by atoms with Gasteiger partial charge >= 0.3 is 0 Å². The van der Waals surface area contributed by atoms with Crippen LogP contribution >= 0.6 is 11.6 Å².